The van der Waals surface area contributed by atoms with Gasteiger partial charge >= 0.3 is 0 Å². The highest BCUT2D eigenvalue weighted by Crippen LogP contribution is 2.48. The molecule has 15 heavy (non-hydrogen) atoms. The molecule has 1 aromatic rings. The summed E-state index contributed by atoms with van der Waals surface area (Å²) in [7, 11) is 0. The van der Waals surface area contributed by atoms with Gasteiger partial charge in [0.2, 0.25) is 0 Å². The van der Waals surface area contributed by atoms with Gasteiger partial charge in [0.25, 0.3) is 0 Å². The minimum absolute atomic E-state index is 0.862. The number of nitrogens with zero attached hydrogens (tertiary/aromatic N) is 3. The van der Waals surface area contributed by atoms with Crippen molar-refractivity contribution < 1.29 is 0 Å². The molecule has 2 aliphatic carbocycles. The van der Waals surface area contributed by atoms with Crippen molar-refractivity contribution in [3.63, 3.8) is 0 Å². The van der Waals surface area contributed by atoms with Crippen LogP contribution in [-0.4, -0.2) is 15.0 Å². The molecular weight excluding hydrogens is 254 g/mol. The number of rotatable bonds is 3. The maximum Gasteiger partial charge on any atom is 0.0733 e. The molecule has 4 heteroatoms. The zero-order valence-electron chi connectivity index (χ0n) is 8.77. The van der Waals surface area contributed by atoms with E-state index in [2.05, 4.69) is 30.9 Å². The molecule has 2 fully saturated rings. The van der Waals surface area contributed by atoms with Crippen LogP contribution in [0, 0.1) is 17.8 Å². The number of halogens is 1. The monoisotopic (exact) mass is 269 g/mol. The number of fused-ring (bicyclic) bond motifs is 2. The quantitative estimate of drug-likeness (QED) is 0.790. The predicted octanol–water partition coefficient (Wildman–Crippen LogP) is 2.61. The van der Waals surface area contributed by atoms with Crippen molar-refractivity contribution in [3.05, 3.63) is 11.9 Å². The third-order valence-electron chi connectivity index (χ3n) is 4.13. The lowest BCUT2D eigenvalue weighted by molar-refractivity contribution is 0.281. The SMILES string of the molecule is BrCc1cnnn1CC1CC2CCC1C2. The van der Waals surface area contributed by atoms with Gasteiger partial charge in [-0.3, -0.25) is 0 Å². The van der Waals surface area contributed by atoms with Gasteiger partial charge in [-0.05, 0) is 37.0 Å². The lowest BCUT2D eigenvalue weighted by atomic mass is 9.89. The molecule has 0 amide bonds. The first-order valence-electron chi connectivity index (χ1n) is 5.80. The van der Waals surface area contributed by atoms with E-state index in [1.165, 1.54) is 31.4 Å². The van der Waals surface area contributed by atoms with E-state index in [1.54, 1.807) is 0 Å². The Bertz CT molecular complexity index is 349. The lowest BCUT2D eigenvalue weighted by Gasteiger charge is -2.21. The highest BCUT2D eigenvalue weighted by molar-refractivity contribution is 9.08. The van der Waals surface area contributed by atoms with Crippen molar-refractivity contribution >= 4 is 15.9 Å². The fourth-order valence-electron chi connectivity index (χ4n) is 3.36. The average molecular weight is 270 g/mol. The molecule has 0 radical (unpaired) electrons. The number of hydrogen-bond donors (Lipinski definition) is 0. The normalized spacial score (nSPS) is 33.8. The van der Waals surface area contributed by atoms with Crippen molar-refractivity contribution in [1.82, 2.24) is 15.0 Å². The first kappa shape index (κ1) is 9.82. The van der Waals surface area contributed by atoms with Crippen LogP contribution in [0.25, 0.3) is 0 Å². The summed E-state index contributed by atoms with van der Waals surface area (Å²) < 4.78 is 2.08. The number of hydrogen-bond acceptors (Lipinski definition) is 2. The third-order valence-corrected chi connectivity index (χ3v) is 4.70. The number of alkyl halides is 1. The fourth-order valence-corrected chi connectivity index (χ4v) is 3.79. The van der Waals surface area contributed by atoms with Crippen LogP contribution in [0.2, 0.25) is 0 Å². The average Bonchev–Trinajstić information content (AvgIpc) is 2.92. The molecule has 2 aliphatic rings. The van der Waals surface area contributed by atoms with Gasteiger partial charge in [-0.25, -0.2) is 4.68 Å². The molecular formula is C11H16BrN3. The Morgan fingerprint density at radius 1 is 1.40 bits per heavy atom. The molecule has 82 valence electrons. The predicted molar refractivity (Wildman–Crippen MR) is 61.6 cm³/mol. The Morgan fingerprint density at radius 3 is 3.00 bits per heavy atom. The fraction of sp³-hybridized carbons (Fsp3) is 0.818. The standard InChI is InChI=1S/C11H16BrN3/c12-5-11-6-13-14-15(11)7-10-4-8-1-2-9(10)3-8/h6,8-10H,1-5,7H2. The number of aromatic nitrogens is 3. The van der Waals surface area contributed by atoms with Gasteiger partial charge in [0, 0.05) is 11.9 Å². The van der Waals surface area contributed by atoms with Crippen molar-refractivity contribution in [2.45, 2.75) is 37.6 Å². The Morgan fingerprint density at radius 2 is 2.33 bits per heavy atom. The molecule has 0 aliphatic heterocycles. The zero-order valence-corrected chi connectivity index (χ0v) is 10.4. The summed E-state index contributed by atoms with van der Waals surface area (Å²) in [6, 6.07) is 0. The van der Waals surface area contributed by atoms with Crippen LogP contribution in [-0.2, 0) is 11.9 Å². The first-order chi connectivity index (χ1) is 7.36. The van der Waals surface area contributed by atoms with E-state index >= 15 is 0 Å². The Hall–Kier alpha value is -0.380. The maximum atomic E-state index is 4.17. The summed E-state index contributed by atoms with van der Waals surface area (Å²) in [5.41, 5.74) is 1.21. The van der Waals surface area contributed by atoms with Crippen LogP contribution in [0.5, 0.6) is 0 Å². The maximum absolute atomic E-state index is 4.17. The van der Waals surface area contributed by atoms with Crippen molar-refractivity contribution in [2.75, 3.05) is 0 Å². The van der Waals surface area contributed by atoms with E-state index in [1.807, 2.05) is 6.20 Å². The van der Waals surface area contributed by atoms with E-state index in [9.17, 15) is 0 Å². The van der Waals surface area contributed by atoms with Crippen LogP contribution in [0.15, 0.2) is 6.20 Å². The molecule has 0 spiro atoms. The molecule has 1 aromatic heterocycles. The van der Waals surface area contributed by atoms with Gasteiger partial charge in [-0.2, -0.15) is 0 Å². The van der Waals surface area contributed by atoms with Crippen molar-refractivity contribution in [3.8, 4) is 0 Å². The molecule has 0 N–H and O–H groups in total. The molecule has 3 nitrogen and oxygen atoms in total. The smallest absolute Gasteiger partial charge is 0.0733 e. The molecule has 0 aromatic carbocycles. The highest BCUT2D eigenvalue weighted by atomic mass is 79.9. The third kappa shape index (κ3) is 1.73. The molecule has 0 saturated heterocycles. The largest absolute Gasteiger partial charge is 0.248 e. The minimum Gasteiger partial charge on any atom is -0.248 e. The Balaban J connectivity index is 1.70. The van der Waals surface area contributed by atoms with Crippen molar-refractivity contribution in [2.24, 2.45) is 17.8 Å². The van der Waals surface area contributed by atoms with E-state index in [4.69, 9.17) is 0 Å². The molecule has 2 saturated carbocycles. The second-order valence-corrected chi connectivity index (χ2v) is 5.54. The molecule has 2 bridgehead atoms. The molecule has 3 unspecified atom stereocenters. The first-order valence-corrected chi connectivity index (χ1v) is 6.92. The van der Waals surface area contributed by atoms with Crippen LogP contribution in [0.1, 0.15) is 31.4 Å². The molecule has 1 heterocycles. The van der Waals surface area contributed by atoms with Gasteiger partial charge < -0.3 is 0 Å². The summed E-state index contributed by atoms with van der Waals surface area (Å²) in [5, 5.41) is 9.01. The van der Waals surface area contributed by atoms with Crippen LogP contribution in [0.3, 0.4) is 0 Å². The van der Waals surface area contributed by atoms with Crippen molar-refractivity contribution in [1.29, 1.82) is 0 Å². The van der Waals surface area contributed by atoms with Crippen LogP contribution >= 0.6 is 15.9 Å². The topological polar surface area (TPSA) is 30.7 Å². The highest BCUT2D eigenvalue weighted by Gasteiger charge is 2.39. The molecule has 3 rings (SSSR count). The van der Waals surface area contributed by atoms with E-state index in [0.717, 1.165) is 29.6 Å². The van der Waals surface area contributed by atoms with Gasteiger partial charge in [0.15, 0.2) is 0 Å². The van der Waals surface area contributed by atoms with Gasteiger partial charge in [0.05, 0.1) is 11.9 Å². The summed E-state index contributed by atoms with van der Waals surface area (Å²) in [4.78, 5) is 0. The summed E-state index contributed by atoms with van der Waals surface area (Å²) >= 11 is 3.48. The summed E-state index contributed by atoms with van der Waals surface area (Å²) in [6.07, 6.45) is 7.69. The lowest BCUT2D eigenvalue weighted by Crippen LogP contribution is -2.19. The van der Waals surface area contributed by atoms with Crippen LogP contribution in [0.4, 0.5) is 0 Å². The van der Waals surface area contributed by atoms with Gasteiger partial charge in [0.1, 0.15) is 0 Å². The Labute approximate surface area is 98.4 Å². The van der Waals surface area contributed by atoms with Crippen LogP contribution < -0.4 is 0 Å². The van der Waals surface area contributed by atoms with E-state index in [0.29, 0.717) is 0 Å². The zero-order chi connectivity index (χ0) is 10.3. The van der Waals surface area contributed by atoms with E-state index < -0.39 is 0 Å². The summed E-state index contributed by atoms with van der Waals surface area (Å²) in [5.74, 6) is 2.86. The van der Waals surface area contributed by atoms with Gasteiger partial charge in [-0.15, -0.1) is 5.10 Å². The second kappa shape index (κ2) is 3.89. The Kier molecular flexibility index (Phi) is 2.54. The second-order valence-electron chi connectivity index (χ2n) is 4.98. The molecule has 3 atom stereocenters. The minimum atomic E-state index is 0.862. The van der Waals surface area contributed by atoms with Gasteiger partial charge in [-0.1, -0.05) is 27.6 Å². The summed E-state index contributed by atoms with van der Waals surface area (Å²) in [6.45, 7) is 1.09. The van der Waals surface area contributed by atoms with E-state index in [-0.39, 0.29) is 0 Å².